The Morgan fingerprint density at radius 3 is 2.00 bits per heavy atom. The summed E-state index contributed by atoms with van der Waals surface area (Å²) >= 11 is 0. The smallest absolute Gasteiger partial charge is 0.0459 e. The van der Waals surface area contributed by atoms with Crippen LogP contribution >= 0.6 is 0 Å². The van der Waals surface area contributed by atoms with Crippen LogP contribution in [0, 0.1) is 35.5 Å². The Labute approximate surface area is 102 Å². The zero-order valence-corrected chi connectivity index (χ0v) is 11.7. The van der Waals surface area contributed by atoms with Crippen molar-refractivity contribution in [3.8, 4) is 0 Å². The third-order valence-corrected chi connectivity index (χ3v) is 4.81. The van der Waals surface area contributed by atoms with Crippen molar-refractivity contribution in [2.75, 3.05) is 6.61 Å². The largest absolute Gasteiger partial charge is 0.396 e. The van der Waals surface area contributed by atoms with E-state index < -0.39 is 0 Å². The fourth-order valence-corrected chi connectivity index (χ4v) is 3.48. The molecule has 1 fully saturated rings. The molecule has 1 heteroatoms. The van der Waals surface area contributed by atoms with Crippen molar-refractivity contribution in [2.45, 2.75) is 53.9 Å². The summed E-state index contributed by atoms with van der Waals surface area (Å²) < 4.78 is 0. The Morgan fingerprint density at radius 1 is 0.938 bits per heavy atom. The lowest BCUT2D eigenvalue weighted by molar-refractivity contribution is 0.0523. The van der Waals surface area contributed by atoms with E-state index in [1.165, 1.54) is 19.3 Å². The van der Waals surface area contributed by atoms with Crippen LogP contribution in [0.4, 0.5) is 0 Å². The molecule has 4 atom stereocenters. The summed E-state index contributed by atoms with van der Waals surface area (Å²) in [5.74, 6) is 4.56. The molecule has 0 radical (unpaired) electrons. The van der Waals surface area contributed by atoms with Crippen molar-refractivity contribution in [3.63, 3.8) is 0 Å². The van der Waals surface area contributed by atoms with E-state index in [0.717, 1.165) is 29.6 Å². The normalized spacial score (nSPS) is 33.4. The van der Waals surface area contributed by atoms with Gasteiger partial charge in [0.2, 0.25) is 0 Å². The van der Waals surface area contributed by atoms with Gasteiger partial charge in [-0.05, 0) is 54.8 Å². The van der Waals surface area contributed by atoms with Gasteiger partial charge in [0.05, 0.1) is 0 Å². The Balaban J connectivity index is 2.67. The lowest BCUT2D eigenvalue weighted by Crippen LogP contribution is -2.35. The van der Waals surface area contributed by atoms with E-state index in [1.807, 2.05) is 0 Å². The molecule has 0 saturated heterocycles. The van der Waals surface area contributed by atoms with Gasteiger partial charge < -0.3 is 5.11 Å². The summed E-state index contributed by atoms with van der Waals surface area (Å²) in [6.07, 6.45) is 4.08. The Morgan fingerprint density at radius 2 is 1.56 bits per heavy atom. The van der Waals surface area contributed by atoms with Gasteiger partial charge in [0.1, 0.15) is 0 Å². The first-order valence-corrected chi connectivity index (χ1v) is 7.08. The molecule has 16 heavy (non-hydrogen) atoms. The number of rotatable bonds is 4. The second-order valence-corrected chi connectivity index (χ2v) is 6.55. The molecule has 0 aliphatic heterocycles. The second-order valence-electron chi connectivity index (χ2n) is 6.55. The highest BCUT2D eigenvalue weighted by atomic mass is 16.3. The summed E-state index contributed by atoms with van der Waals surface area (Å²) in [7, 11) is 0. The van der Waals surface area contributed by atoms with Crippen molar-refractivity contribution >= 4 is 0 Å². The van der Waals surface area contributed by atoms with Gasteiger partial charge in [-0.2, -0.15) is 0 Å². The van der Waals surface area contributed by atoms with Gasteiger partial charge in [0.15, 0.2) is 0 Å². The maximum absolute atomic E-state index is 9.36. The van der Waals surface area contributed by atoms with Gasteiger partial charge in [0, 0.05) is 6.61 Å². The molecule has 0 aromatic rings. The van der Waals surface area contributed by atoms with Crippen LogP contribution < -0.4 is 0 Å². The van der Waals surface area contributed by atoms with Crippen LogP contribution in [0.1, 0.15) is 53.9 Å². The molecule has 0 heterocycles. The molecule has 0 bridgehead atoms. The van der Waals surface area contributed by atoms with Gasteiger partial charge in [-0.1, -0.05) is 34.6 Å². The highest BCUT2D eigenvalue weighted by Crippen LogP contribution is 2.43. The molecule has 0 spiro atoms. The first kappa shape index (κ1) is 14.0. The average Bonchev–Trinajstić information content (AvgIpc) is 2.26. The predicted octanol–water partition coefficient (Wildman–Crippen LogP) is 3.96. The molecule has 1 saturated carbocycles. The zero-order chi connectivity index (χ0) is 12.3. The van der Waals surface area contributed by atoms with E-state index in [9.17, 15) is 5.11 Å². The number of aliphatic hydroxyl groups excluding tert-OH is 1. The maximum atomic E-state index is 9.36. The van der Waals surface area contributed by atoms with Crippen LogP contribution in [0.15, 0.2) is 0 Å². The highest BCUT2D eigenvalue weighted by molar-refractivity contribution is 4.85. The molecule has 1 nitrogen and oxygen atoms in total. The van der Waals surface area contributed by atoms with E-state index >= 15 is 0 Å². The Hall–Kier alpha value is -0.0400. The topological polar surface area (TPSA) is 20.2 Å². The molecule has 96 valence electrons. The molecular weight excluding hydrogens is 196 g/mol. The van der Waals surface area contributed by atoms with E-state index in [1.54, 1.807) is 0 Å². The third kappa shape index (κ3) is 3.23. The van der Waals surface area contributed by atoms with Crippen LogP contribution in [-0.2, 0) is 0 Å². The number of aliphatic hydroxyl groups is 1. The molecule has 0 aromatic heterocycles. The van der Waals surface area contributed by atoms with Gasteiger partial charge >= 0.3 is 0 Å². The van der Waals surface area contributed by atoms with Gasteiger partial charge in [-0.3, -0.25) is 0 Å². The van der Waals surface area contributed by atoms with E-state index in [2.05, 4.69) is 34.6 Å². The standard InChI is InChI=1S/C15H30O/c1-10(2)13-6-7-14(12(5)9-16)15(8-13)11(3)4/h10-16H,6-9H2,1-5H3. The summed E-state index contributed by atoms with van der Waals surface area (Å²) in [5, 5.41) is 9.36. The molecule has 0 aromatic carbocycles. The first-order chi connectivity index (χ1) is 7.47. The Bertz CT molecular complexity index is 198. The molecule has 1 aliphatic rings. The lowest BCUT2D eigenvalue weighted by Gasteiger charge is -2.42. The SMILES string of the molecule is CC(C)C1CCC(C(C)CO)C(C(C)C)C1. The summed E-state index contributed by atoms with van der Waals surface area (Å²) in [5.41, 5.74) is 0. The minimum atomic E-state index is 0.361. The predicted molar refractivity (Wildman–Crippen MR) is 70.2 cm³/mol. The van der Waals surface area contributed by atoms with Gasteiger partial charge in [-0.15, -0.1) is 0 Å². The van der Waals surface area contributed by atoms with Gasteiger partial charge in [0.25, 0.3) is 0 Å². The fraction of sp³-hybridized carbons (Fsp3) is 1.00. The maximum Gasteiger partial charge on any atom is 0.0459 e. The van der Waals surface area contributed by atoms with Crippen molar-refractivity contribution < 1.29 is 5.11 Å². The summed E-state index contributed by atoms with van der Waals surface area (Å²) in [6, 6.07) is 0. The second kappa shape index (κ2) is 6.05. The molecule has 1 aliphatic carbocycles. The minimum Gasteiger partial charge on any atom is -0.396 e. The highest BCUT2D eigenvalue weighted by Gasteiger charge is 2.35. The fourth-order valence-electron chi connectivity index (χ4n) is 3.48. The molecule has 4 unspecified atom stereocenters. The van der Waals surface area contributed by atoms with Crippen LogP contribution in [0.3, 0.4) is 0 Å². The van der Waals surface area contributed by atoms with Crippen LogP contribution in [0.2, 0.25) is 0 Å². The number of hydrogen-bond donors (Lipinski definition) is 1. The third-order valence-electron chi connectivity index (χ3n) is 4.81. The minimum absolute atomic E-state index is 0.361. The molecule has 0 amide bonds. The summed E-state index contributed by atoms with van der Waals surface area (Å²) in [4.78, 5) is 0. The summed E-state index contributed by atoms with van der Waals surface area (Å²) in [6.45, 7) is 12.0. The monoisotopic (exact) mass is 226 g/mol. The molecule has 1 N–H and O–H groups in total. The average molecular weight is 226 g/mol. The van der Waals surface area contributed by atoms with Crippen molar-refractivity contribution in [2.24, 2.45) is 35.5 Å². The lowest BCUT2D eigenvalue weighted by atomic mass is 9.63. The zero-order valence-electron chi connectivity index (χ0n) is 11.7. The van der Waals surface area contributed by atoms with E-state index in [-0.39, 0.29) is 0 Å². The van der Waals surface area contributed by atoms with E-state index in [0.29, 0.717) is 12.5 Å². The first-order valence-electron chi connectivity index (χ1n) is 7.08. The van der Waals surface area contributed by atoms with Crippen molar-refractivity contribution in [1.82, 2.24) is 0 Å². The van der Waals surface area contributed by atoms with Crippen LogP contribution in [-0.4, -0.2) is 11.7 Å². The van der Waals surface area contributed by atoms with E-state index in [4.69, 9.17) is 0 Å². The Kier molecular flexibility index (Phi) is 5.30. The molecular formula is C15H30O. The number of hydrogen-bond acceptors (Lipinski definition) is 1. The van der Waals surface area contributed by atoms with Crippen LogP contribution in [0.25, 0.3) is 0 Å². The van der Waals surface area contributed by atoms with Crippen molar-refractivity contribution in [1.29, 1.82) is 0 Å². The quantitative estimate of drug-likeness (QED) is 0.769. The van der Waals surface area contributed by atoms with Crippen LogP contribution in [0.5, 0.6) is 0 Å². The van der Waals surface area contributed by atoms with Crippen molar-refractivity contribution in [3.05, 3.63) is 0 Å². The van der Waals surface area contributed by atoms with Gasteiger partial charge in [-0.25, -0.2) is 0 Å². The molecule has 1 rings (SSSR count).